The summed E-state index contributed by atoms with van der Waals surface area (Å²) < 4.78 is 6.89. The molecule has 0 bridgehead atoms. The van der Waals surface area contributed by atoms with Crippen molar-refractivity contribution < 1.29 is 9.32 Å². The van der Waals surface area contributed by atoms with Crippen LogP contribution in [0.1, 0.15) is 51.2 Å². The van der Waals surface area contributed by atoms with E-state index in [1.807, 2.05) is 13.8 Å². The van der Waals surface area contributed by atoms with Gasteiger partial charge in [-0.3, -0.25) is 4.79 Å². The minimum atomic E-state index is -0.0860. The molecule has 0 aliphatic heterocycles. The van der Waals surface area contributed by atoms with E-state index >= 15 is 0 Å². The molecule has 0 spiro atoms. The lowest BCUT2D eigenvalue weighted by molar-refractivity contribution is -0.116. The molecule has 7 heteroatoms. The molecular formula is C14H21N5O2. The van der Waals surface area contributed by atoms with Crippen molar-refractivity contribution >= 4 is 11.7 Å². The SMILES string of the molecule is CCCn1nccc1NC(=O)CCc1nc(C(C)C)no1. The molecule has 0 aromatic carbocycles. The highest BCUT2D eigenvalue weighted by Crippen LogP contribution is 2.12. The maximum Gasteiger partial charge on any atom is 0.227 e. The number of hydrogen-bond donors (Lipinski definition) is 1. The third-order valence-electron chi connectivity index (χ3n) is 2.99. The van der Waals surface area contributed by atoms with Crippen LogP contribution in [0.5, 0.6) is 0 Å². The van der Waals surface area contributed by atoms with E-state index in [1.54, 1.807) is 16.9 Å². The molecule has 0 unspecified atom stereocenters. The maximum absolute atomic E-state index is 11.9. The Kier molecular flexibility index (Phi) is 5.08. The van der Waals surface area contributed by atoms with Crippen LogP contribution in [0.4, 0.5) is 5.82 Å². The molecule has 2 aromatic rings. The first kappa shape index (κ1) is 15.2. The number of aromatic nitrogens is 4. The Morgan fingerprint density at radius 1 is 1.48 bits per heavy atom. The van der Waals surface area contributed by atoms with E-state index in [0.717, 1.165) is 18.8 Å². The van der Waals surface area contributed by atoms with Gasteiger partial charge in [-0.2, -0.15) is 10.1 Å². The number of aryl methyl sites for hydroxylation is 2. The van der Waals surface area contributed by atoms with Crippen LogP contribution >= 0.6 is 0 Å². The van der Waals surface area contributed by atoms with E-state index in [-0.39, 0.29) is 11.8 Å². The van der Waals surface area contributed by atoms with E-state index in [9.17, 15) is 4.79 Å². The van der Waals surface area contributed by atoms with Crippen LogP contribution in [0.3, 0.4) is 0 Å². The van der Waals surface area contributed by atoms with Gasteiger partial charge >= 0.3 is 0 Å². The summed E-state index contributed by atoms with van der Waals surface area (Å²) in [5.74, 6) is 2.02. The fraction of sp³-hybridized carbons (Fsp3) is 0.571. The van der Waals surface area contributed by atoms with Gasteiger partial charge in [0.2, 0.25) is 11.8 Å². The molecular weight excluding hydrogens is 270 g/mol. The number of anilines is 1. The molecule has 0 radical (unpaired) electrons. The lowest BCUT2D eigenvalue weighted by Crippen LogP contribution is -2.16. The first-order valence-corrected chi connectivity index (χ1v) is 7.24. The molecule has 7 nitrogen and oxygen atoms in total. The molecule has 0 fully saturated rings. The summed E-state index contributed by atoms with van der Waals surface area (Å²) in [5, 5.41) is 10.9. The quantitative estimate of drug-likeness (QED) is 0.846. The lowest BCUT2D eigenvalue weighted by Gasteiger charge is -2.07. The van der Waals surface area contributed by atoms with Crippen molar-refractivity contribution in [1.29, 1.82) is 0 Å². The van der Waals surface area contributed by atoms with Crippen LogP contribution in [-0.2, 0) is 17.8 Å². The molecule has 1 N–H and O–H groups in total. The van der Waals surface area contributed by atoms with Crippen LogP contribution in [0, 0.1) is 0 Å². The Labute approximate surface area is 123 Å². The van der Waals surface area contributed by atoms with Gasteiger partial charge in [0.25, 0.3) is 0 Å². The van der Waals surface area contributed by atoms with Gasteiger partial charge in [0.15, 0.2) is 5.82 Å². The number of rotatable bonds is 7. The average molecular weight is 291 g/mol. The van der Waals surface area contributed by atoms with E-state index in [1.165, 1.54) is 0 Å². The minimum absolute atomic E-state index is 0.0860. The Balaban J connectivity index is 1.85. The summed E-state index contributed by atoms with van der Waals surface area (Å²) >= 11 is 0. The first-order valence-electron chi connectivity index (χ1n) is 7.24. The van der Waals surface area contributed by atoms with Crippen molar-refractivity contribution in [3.63, 3.8) is 0 Å². The summed E-state index contributed by atoms with van der Waals surface area (Å²) in [6.07, 6.45) is 3.38. The van der Waals surface area contributed by atoms with E-state index < -0.39 is 0 Å². The molecule has 2 rings (SSSR count). The topological polar surface area (TPSA) is 85.8 Å². The molecule has 114 valence electrons. The van der Waals surface area contributed by atoms with Crippen LogP contribution < -0.4 is 5.32 Å². The first-order chi connectivity index (χ1) is 10.1. The van der Waals surface area contributed by atoms with Gasteiger partial charge in [0, 0.05) is 31.4 Å². The maximum atomic E-state index is 11.9. The summed E-state index contributed by atoms with van der Waals surface area (Å²) in [6, 6.07) is 1.79. The molecule has 0 saturated carbocycles. The van der Waals surface area contributed by atoms with Crippen molar-refractivity contribution in [1.82, 2.24) is 19.9 Å². The normalized spacial score (nSPS) is 11.0. The second-order valence-electron chi connectivity index (χ2n) is 5.19. The standard InChI is InChI=1S/C14H21N5O2/c1-4-9-19-11(7-8-15-19)16-12(20)5-6-13-17-14(10(2)3)18-21-13/h7-8,10H,4-6,9H2,1-3H3,(H,16,20). The molecule has 2 heterocycles. The van der Waals surface area contributed by atoms with Gasteiger partial charge < -0.3 is 9.84 Å². The second kappa shape index (κ2) is 7.01. The number of carbonyl (C=O) groups excluding carboxylic acids is 1. The predicted molar refractivity (Wildman–Crippen MR) is 77.9 cm³/mol. The number of nitrogens with one attached hydrogen (secondary N) is 1. The smallest absolute Gasteiger partial charge is 0.227 e. The largest absolute Gasteiger partial charge is 0.339 e. The number of nitrogens with zero attached hydrogens (tertiary/aromatic N) is 4. The molecule has 21 heavy (non-hydrogen) atoms. The van der Waals surface area contributed by atoms with Gasteiger partial charge in [0.05, 0.1) is 6.20 Å². The number of hydrogen-bond acceptors (Lipinski definition) is 5. The summed E-state index contributed by atoms with van der Waals surface area (Å²) in [7, 11) is 0. The Morgan fingerprint density at radius 3 is 2.95 bits per heavy atom. The summed E-state index contributed by atoms with van der Waals surface area (Å²) in [4.78, 5) is 16.2. The second-order valence-corrected chi connectivity index (χ2v) is 5.19. The van der Waals surface area contributed by atoms with Crippen LogP contribution in [-0.4, -0.2) is 25.8 Å². The highest BCUT2D eigenvalue weighted by Gasteiger charge is 2.12. The van der Waals surface area contributed by atoms with Crippen molar-refractivity contribution in [2.24, 2.45) is 0 Å². The Hall–Kier alpha value is -2.18. The van der Waals surface area contributed by atoms with Gasteiger partial charge in [-0.15, -0.1) is 0 Å². The van der Waals surface area contributed by atoms with Gasteiger partial charge in [-0.25, -0.2) is 4.68 Å². The van der Waals surface area contributed by atoms with E-state index in [0.29, 0.717) is 24.6 Å². The summed E-state index contributed by atoms with van der Waals surface area (Å²) in [6.45, 7) is 6.84. The Morgan fingerprint density at radius 2 is 2.29 bits per heavy atom. The summed E-state index contributed by atoms with van der Waals surface area (Å²) in [5.41, 5.74) is 0. The minimum Gasteiger partial charge on any atom is -0.339 e. The zero-order valence-corrected chi connectivity index (χ0v) is 12.7. The van der Waals surface area contributed by atoms with Gasteiger partial charge in [-0.1, -0.05) is 25.9 Å². The average Bonchev–Trinajstić information content (AvgIpc) is 3.07. The molecule has 2 aromatic heterocycles. The van der Waals surface area contributed by atoms with Crippen LogP contribution in [0.15, 0.2) is 16.8 Å². The lowest BCUT2D eigenvalue weighted by atomic mass is 10.2. The molecule has 0 aliphatic rings. The van der Waals surface area contributed by atoms with E-state index in [4.69, 9.17) is 4.52 Å². The zero-order chi connectivity index (χ0) is 15.2. The molecule has 1 amide bonds. The van der Waals surface area contributed by atoms with Crippen molar-refractivity contribution in [2.75, 3.05) is 5.32 Å². The molecule has 0 saturated heterocycles. The monoisotopic (exact) mass is 291 g/mol. The van der Waals surface area contributed by atoms with Crippen molar-refractivity contribution in [3.05, 3.63) is 24.0 Å². The third kappa shape index (κ3) is 4.14. The third-order valence-corrected chi connectivity index (χ3v) is 2.99. The number of carbonyl (C=O) groups is 1. The highest BCUT2D eigenvalue weighted by atomic mass is 16.5. The molecule has 0 atom stereocenters. The van der Waals surface area contributed by atoms with Crippen LogP contribution in [0.25, 0.3) is 0 Å². The zero-order valence-electron chi connectivity index (χ0n) is 12.7. The Bertz CT molecular complexity index is 588. The molecule has 0 aliphatic carbocycles. The van der Waals surface area contributed by atoms with Gasteiger partial charge in [0.1, 0.15) is 5.82 Å². The van der Waals surface area contributed by atoms with Crippen molar-refractivity contribution in [3.8, 4) is 0 Å². The van der Waals surface area contributed by atoms with Gasteiger partial charge in [-0.05, 0) is 6.42 Å². The fourth-order valence-corrected chi connectivity index (χ4v) is 1.86. The number of amides is 1. The highest BCUT2D eigenvalue weighted by molar-refractivity contribution is 5.89. The fourth-order valence-electron chi connectivity index (χ4n) is 1.86. The van der Waals surface area contributed by atoms with E-state index in [2.05, 4.69) is 27.5 Å². The van der Waals surface area contributed by atoms with Crippen molar-refractivity contribution in [2.45, 2.75) is 52.5 Å². The van der Waals surface area contributed by atoms with Crippen LogP contribution in [0.2, 0.25) is 0 Å². The predicted octanol–water partition coefficient (Wildman–Crippen LogP) is 2.37.